The summed E-state index contributed by atoms with van der Waals surface area (Å²) in [5, 5.41) is 0. The van der Waals surface area contributed by atoms with Gasteiger partial charge in [0, 0.05) is 15.2 Å². The molecule has 1 aliphatic rings. The second-order valence-corrected chi connectivity index (χ2v) is 6.64. The maximum atomic E-state index is 13.3. The van der Waals surface area contributed by atoms with E-state index in [0.717, 1.165) is 30.5 Å². The summed E-state index contributed by atoms with van der Waals surface area (Å²) in [5.74, 6) is 1.03. The van der Waals surface area contributed by atoms with Crippen LogP contribution in [-0.4, -0.2) is 0 Å². The zero-order chi connectivity index (χ0) is 21.2. The molecule has 3 atom stereocenters. The molecule has 0 amide bonds. The molecule has 0 saturated heterocycles. The van der Waals surface area contributed by atoms with Crippen molar-refractivity contribution in [1.29, 1.82) is 0 Å². The normalized spacial score (nSPS) is 26.2. The van der Waals surface area contributed by atoms with E-state index in [-0.39, 0.29) is 11.5 Å². The van der Waals surface area contributed by atoms with Crippen molar-refractivity contribution in [2.24, 2.45) is 5.92 Å². The lowest BCUT2D eigenvalue weighted by Gasteiger charge is -2.28. The number of rotatable bonds is 3. The van der Waals surface area contributed by atoms with Crippen molar-refractivity contribution < 1.29 is 17.3 Å². The lowest BCUT2D eigenvalue weighted by Crippen LogP contribution is -2.13. The van der Waals surface area contributed by atoms with Gasteiger partial charge in [-0.1, -0.05) is 43.7 Å². The molecule has 0 bridgehead atoms. The summed E-state index contributed by atoms with van der Waals surface area (Å²) in [4.78, 5) is 0. The first kappa shape index (κ1) is 14.9. The summed E-state index contributed by atoms with van der Waals surface area (Å²) in [6, 6.07) is 8.63. The Labute approximate surface area is 157 Å². The van der Waals surface area contributed by atoms with E-state index in [4.69, 9.17) is 4.11 Å². The number of halogens is 3. The molecule has 0 aliphatic heterocycles. The fourth-order valence-electron chi connectivity index (χ4n) is 3.22. The van der Waals surface area contributed by atoms with Crippen molar-refractivity contribution in [2.75, 3.05) is 0 Å². The van der Waals surface area contributed by atoms with Gasteiger partial charge in [-0.3, -0.25) is 0 Å². The maximum Gasteiger partial charge on any atom is 0.194 e. The number of hydrogen-bond acceptors (Lipinski definition) is 0. The lowest BCUT2D eigenvalue weighted by molar-refractivity contribution is 0.308. The first-order chi connectivity index (χ1) is 13.7. The zero-order valence-corrected chi connectivity index (χ0v) is 14.7. The van der Waals surface area contributed by atoms with E-state index in [1.807, 2.05) is 0 Å². The van der Waals surface area contributed by atoms with Crippen molar-refractivity contribution in [3.63, 3.8) is 0 Å². The molecule has 1 aliphatic carbocycles. The maximum absolute atomic E-state index is 13.3. The highest BCUT2D eigenvalue weighted by molar-refractivity contribution is 5.44. The van der Waals surface area contributed by atoms with E-state index in [0.29, 0.717) is 18.4 Å². The molecule has 0 nitrogen and oxygen atoms in total. The minimum atomic E-state index is -1.52. The van der Waals surface area contributed by atoms with Crippen molar-refractivity contribution in [1.82, 2.24) is 0 Å². The Morgan fingerprint density at radius 1 is 1.00 bits per heavy atom. The van der Waals surface area contributed by atoms with Crippen LogP contribution in [0.2, 0.25) is 0 Å². The van der Waals surface area contributed by atoms with Crippen LogP contribution in [0, 0.1) is 35.2 Å². The van der Waals surface area contributed by atoms with Gasteiger partial charge in [0.1, 0.15) is 0 Å². The van der Waals surface area contributed by atoms with Crippen LogP contribution in [0.1, 0.15) is 72.1 Å². The summed E-state index contributed by atoms with van der Waals surface area (Å²) in [7, 11) is 0. The molecule has 0 spiro atoms. The van der Waals surface area contributed by atoms with Gasteiger partial charge in [0.2, 0.25) is 0 Å². The average Bonchev–Trinajstić information content (AvgIpc) is 2.64. The molecule has 3 unspecified atom stereocenters. The van der Waals surface area contributed by atoms with Crippen LogP contribution in [0.15, 0.2) is 36.4 Å². The molecule has 1 fully saturated rings. The average molecular weight is 359 g/mol. The first-order valence-corrected chi connectivity index (χ1v) is 8.90. The SMILES string of the molecule is [2H]C1CC(CCC)CC([2H])([2H])C1c1ccc(C#Cc2cc(F)c(F)c(F)c2)cc1. The summed E-state index contributed by atoms with van der Waals surface area (Å²) in [6.45, 7) is 2.08. The Bertz CT molecular complexity index is 906. The van der Waals surface area contributed by atoms with E-state index >= 15 is 0 Å². The van der Waals surface area contributed by atoms with Crippen molar-refractivity contribution in [3.8, 4) is 11.8 Å². The van der Waals surface area contributed by atoms with Crippen LogP contribution < -0.4 is 0 Å². The van der Waals surface area contributed by atoms with Gasteiger partial charge in [0.25, 0.3) is 0 Å². The lowest BCUT2D eigenvalue weighted by atomic mass is 9.77. The third-order valence-electron chi connectivity index (χ3n) is 4.63. The Morgan fingerprint density at radius 3 is 2.27 bits per heavy atom. The van der Waals surface area contributed by atoms with Crippen LogP contribution in [0.3, 0.4) is 0 Å². The predicted molar refractivity (Wildman–Crippen MR) is 98.3 cm³/mol. The summed E-state index contributed by atoms with van der Waals surface area (Å²) in [5.41, 5.74) is 1.37. The second kappa shape index (κ2) is 8.45. The van der Waals surface area contributed by atoms with Gasteiger partial charge in [-0.2, -0.15) is 0 Å². The third-order valence-corrected chi connectivity index (χ3v) is 4.63. The standard InChI is InChI=1S/C23H23F3/c1-2-3-16-6-10-19(11-7-16)20-12-8-17(9-13-20)4-5-18-14-21(24)23(26)22(25)15-18/h8-9,12-16,19H,2-3,6-7,10-11H2,1H3/i10D,11D2. The molecule has 0 heterocycles. The van der Waals surface area contributed by atoms with Crippen LogP contribution in [0.25, 0.3) is 0 Å². The van der Waals surface area contributed by atoms with Gasteiger partial charge < -0.3 is 0 Å². The summed E-state index contributed by atoms with van der Waals surface area (Å²) >= 11 is 0. The molecule has 0 N–H and O–H groups in total. The monoisotopic (exact) mass is 359 g/mol. The third kappa shape index (κ3) is 4.49. The molecule has 0 radical (unpaired) electrons. The second-order valence-electron chi connectivity index (χ2n) is 6.64. The predicted octanol–water partition coefficient (Wildman–Crippen LogP) is 6.58. The molecule has 26 heavy (non-hydrogen) atoms. The first-order valence-electron chi connectivity index (χ1n) is 10.5. The molecule has 0 aromatic heterocycles. The van der Waals surface area contributed by atoms with Gasteiger partial charge in [-0.25, -0.2) is 13.2 Å². The molecule has 2 aromatic carbocycles. The number of hydrogen-bond donors (Lipinski definition) is 0. The smallest absolute Gasteiger partial charge is 0.194 e. The fourth-order valence-corrected chi connectivity index (χ4v) is 3.22. The van der Waals surface area contributed by atoms with Crippen LogP contribution >= 0.6 is 0 Å². The number of benzene rings is 2. The van der Waals surface area contributed by atoms with Gasteiger partial charge in [0.15, 0.2) is 17.5 Å². The quantitative estimate of drug-likeness (QED) is 0.429. The van der Waals surface area contributed by atoms with E-state index in [2.05, 4.69) is 18.8 Å². The van der Waals surface area contributed by atoms with Crippen molar-refractivity contribution in [3.05, 3.63) is 70.5 Å². The highest BCUT2D eigenvalue weighted by atomic mass is 19.2. The summed E-state index contributed by atoms with van der Waals surface area (Å²) < 4.78 is 65.0. The van der Waals surface area contributed by atoms with E-state index in [1.54, 1.807) is 24.3 Å². The van der Waals surface area contributed by atoms with Crippen LogP contribution in [-0.2, 0) is 0 Å². The topological polar surface area (TPSA) is 0 Å². The van der Waals surface area contributed by atoms with E-state index in [9.17, 15) is 13.2 Å². The minimum absolute atomic E-state index is 0.0299. The highest BCUT2D eigenvalue weighted by Crippen LogP contribution is 2.37. The molecule has 3 rings (SSSR count). The Balaban J connectivity index is 1.79. The Morgan fingerprint density at radius 2 is 1.65 bits per heavy atom. The molecular formula is C23H23F3. The molecular weight excluding hydrogens is 333 g/mol. The Kier molecular flexibility index (Phi) is 4.84. The van der Waals surface area contributed by atoms with Crippen molar-refractivity contribution in [2.45, 2.75) is 51.3 Å². The Hall–Kier alpha value is -2.21. The zero-order valence-electron chi connectivity index (χ0n) is 17.7. The summed E-state index contributed by atoms with van der Waals surface area (Å²) in [6.07, 6.45) is 1.15. The molecule has 2 aromatic rings. The minimum Gasteiger partial charge on any atom is -0.204 e. The fraction of sp³-hybridized carbons (Fsp3) is 0.391. The van der Waals surface area contributed by atoms with Gasteiger partial charge in [0.05, 0.1) is 0 Å². The molecule has 1 saturated carbocycles. The molecule has 3 heteroatoms. The van der Waals surface area contributed by atoms with Gasteiger partial charge >= 0.3 is 0 Å². The van der Waals surface area contributed by atoms with Gasteiger partial charge in [-0.15, -0.1) is 0 Å². The van der Waals surface area contributed by atoms with E-state index < -0.39 is 36.1 Å². The van der Waals surface area contributed by atoms with E-state index in [1.165, 1.54) is 0 Å². The van der Waals surface area contributed by atoms with Gasteiger partial charge in [-0.05, 0) is 67.3 Å². The van der Waals surface area contributed by atoms with Crippen molar-refractivity contribution >= 4 is 0 Å². The molecule has 136 valence electrons. The largest absolute Gasteiger partial charge is 0.204 e. The highest BCUT2D eigenvalue weighted by Gasteiger charge is 2.21. The van der Waals surface area contributed by atoms with Crippen LogP contribution in [0.5, 0.6) is 0 Å². The van der Waals surface area contributed by atoms with Crippen LogP contribution in [0.4, 0.5) is 13.2 Å².